The largest absolute Gasteiger partial charge is 0.435 e. The molecule has 1 aromatic carbocycles. The zero-order valence-corrected chi connectivity index (χ0v) is 11.2. The van der Waals surface area contributed by atoms with Gasteiger partial charge in [-0.05, 0) is 46.8 Å². The van der Waals surface area contributed by atoms with Gasteiger partial charge in [-0.25, -0.2) is 9.18 Å². The number of anilines is 1. The Bertz CT molecular complexity index is 463. The van der Waals surface area contributed by atoms with Crippen molar-refractivity contribution >= 4 is 27.6 Å². The van der Waals surface area contributed by atoms with Gasteiger partial charge in [-0.1, -0.05) is 0 Å². The maximum absolute atomic E-state index is 13.1. The minimum atomic E-state index is -0.593. The van der Waals surface area contributed by atoms with Crippen LogP contribution in [0.15, 0.2) is 16.6 Å². The van der Waals surface area contributed by atoms with Gasteiger partial charge in [0.25, 0.3) is 0 Å². The predicted molar refractivity (Wildman–Crippen MR) is 67.5 cm³/mol. The maximum Gasteiger partial charge on any atom is 0.341 e. The van der Waals surface area contributed by atoms with Crippen LogP contribution < -0.4 is 5.73 Å². The lowest BCUT2D eigenvalue weighted by Gasteiger charge is -2.08. The van der Waals surface area contributed by atoms with E-state index in [1.165, 1.54) is 18.9 Å². The second-order valence-electron chi connectivity index (χ2n) is 4.22. The minimum absolute atomic E-state index is 0.0935. The zero-order chi connectivity index (χ0) is 13.1. The molecule has 0 heterocycles. The number of carbonyl (C=O) groups is 1. The molecule has 2 rings (SSSR count). The summed E-state index contributed by atoms with van der Waals surface area (Å²) in [4.78, 5) is 11.7. The fraction of sp³-hybridized carbons (Fsp3) is 0.417. The van der Waals surface area contributed by atoms with Crippen molar-refractivity contribution < 1.29 is 18.7 Å². The van der Waals surface area contributed by atoms with Crippen LogP contribution in [0, 0.1) is 11.7 Å². The minimum Gasteiger partial charge on any atom is -0.435 e. The van der Waals surface area contributed by atoms with Crippen LogP contribution in [-0.2, 0) is 9.47 Å². The molecule has 0 atom stereocenters. The summed E-state index contributed by atoms with van der Waals surface area (Å²) < 4.78 is 23.5. The van der Waals surface area contributed by atoms with Crippen molar-refractivity contribution in [2.75, 3.05) is 19.1 Å². The first-order valence-electron chi connectivity index (χ1n) is 5.57. The maximum atomic E-state index is 13.1. The third-order valence-electron chi connectivity index (χ3n) is 2.63. The van der Waals surface area contributed by atoms with E-state index in [0.717, 1.165) is 6.07 Å². The molecule has 0 aromatic heterocycles. The third-order valence-corrected chi connectivity index (χ3v) is 3.29. The zero-order valence-electron chi connectivity index (χ0n) is 9.62. The molecular formula is C12H13BrFNO3. The Labute approximate surface area is 112 Å². The summed E-state index contributed by atoms with van der Waals surface area (Å²) in [6, 6.07) is 2.37. The number of carbonyl (C=O) groups excluding carboxylic acids is 1. The lowest BCUT2D eigenvalue weighted by Crippen LogP contribution is -2.11. The van der Waals surface area contributed by atoms with Crippen molar-refractivity contribution in [3.63, 3.8) is 0 Å². The van der Waals surface area contributed by atoms with Gasteiger partial charge in [-0.2, -0.15) is 0 Å². The average molecular weight is 318 g/mol. The van der Waals surface area contributed by atoms with Gasteiger partial charge in [-0.15, -0.1) is 0 Å². The Morgan fingerprint density at radius 2 is 2.22 bits per heavy atom. The molecule has 0 unspecified atom stereocenters. The molecule has 6 heteroatoms. The number of hydrogen-bond acceptors (Lipinski definition) is 4. The fourth-order valence-electron chi connectivity index (χ4n) is 1.39. The molecule has 18 heavy (non-hydrogen) atoms. The molecule has 1 aromatic rings. The van der Waals surface area contributed by atoms with E-state index in [4.69, 9.17) is 15.2 Å². The van der Waals surface area contributed by atoms with E-state index >= 15 is 0 Å². The Balaban J connectivity index is 1.88. The topological polar surface area (TPSA) is 61.6 Å². The van der Waals surface area contributed by atoms with E-state index in [9.17, 15) is 9.18 Å². The SMILES string of the molecule is Nc1cc(C(=O)OCOCC2CC2)c(Br)cc1F. The van der Waals surface area contributed by atoms with Crippen LogP contribution in [0.3, 0.4) is 0 Å². The Morgan fingerprint density at radius 3 is 2.89 bits per heavy atom. The first-order chi connectivity index (χ1) is 8.58. The van der Waals surface area contributed by atoms with Crippen LogP contribution in [0.5, 0.6) is 0 Å². The average Bonchev–Trinajstić information content (AvgIpc) is 3.13. The Morgan fingerprint density at radius 1 is 1.50 bits per heavy atom. The van der Waals surface area contributed by atoms with Gasteiger partial charge >= 0.3 is 5.97 Å². The summed E-state index contributed by atoms with van der Waals surface area (Å²) in [6.45, 7) is 0.513. The number of hydrogen-bond donors (Lipinski definition) is 1. The summed E-state index contributed by atoms with van der Waals surface area (Å²) in [5, 5.41) is 0. The van der Waals surface area contributed by atoms with E-state index in [1.54, 1.807) is 0 Å². The van der Waals surface area contributed by atoms with Crippen LogP contribution in [0.1, 0.15) is 23.2 Å². The second-order valence-corrected chi connectivity index (χ2v) is 5.07. The Kier molecular flexibility index (Phi) is 4.19. The molecule has 4 nitrogen and oxygen atoms in total. The molecule has 0 spiro atoms. The highest BCUT2D eigenvalue weighted by Gasteiger charge is 2.21. The van der Waals surface area contributed by atoms with Gasteiger partial charge in [-0.3, -0.25) is 0 Å². The molecule has 1 aliphatic rings. The number of ether oxygens (including phenoxy) is 2. The van der Waals surface area contributed by atoms with Gasteiger partial charge in [0.05, 0.1) is 17.9 Å². The highest BCUT2D eigenvalue weighted by molar-refractivity contribution is 9.10. The standard InChI is InChI=1S/C12H13BrFNO3/c13-9-4-10(14)11(15)3-8(9)12(16)18-6-17-5-7-1-2-7/h3-4,7H,1-2,5-6,15H2. The number of halogens is 2. The van der Waals surface area contributed by atoms with E-state index in [2.05, 4.69) is 15.9 Å². The summed E-state index contributed by atoms with van der Waals surface area (Å²) in [5.74, 6) is -0.565. The van der Waals surface area contributed by atoms with Gasteiger partial charge in [0.2, 0.25) is 0 Å². The van der Waals surface area contributed by atoms with E-state index in [-0.39, 0.29) is 18.0 Å². The predicted octanol–water partition coefficient (Wildman–Crippen LogP) is 2.71. The Hall–Kier alpha value is -1.14. The van der Waals surface area contributed by atoms with Gasteiger partial charge in [0, 0.05) is 4.47 Å². The molecule has 1 saturated carbocycles. The molecule has 0 aliphatic heterocycles. The number of esters is 1. The molecule has 0 saturated heterocycles. The molecular weight excluding hydrogens is 305 g/mol. The molecule has 0 bridgehead atoms. The smallest absolute Gasteiger partial charge is 0.341 e. The van der Waals surface area contributed by atoms with Crippen molar-refractivity contribution in [3.8, 4) is 0 Å². The molecule has 1 fully saturated rings. The van der Waals surface area contributed by atoms with E-state index in [0.29, 0.717) is 17.0 Å². The number of rotatable bonds is 5. The lowest BCUT2D eigenvalue weighted by atomic mass is 10.2. The monoisotopic (exact) mass is 317 g/mol. The first kappa shape index (κ1) is 13.3. The van der Waals surface area contributed by atoms with Crippen molar-refractivity contribution in [1.29, 1.82) is 0 Å². The van der Waals surface area contributed by atoms with E-state index in [1.807, 2.05) is 0 Å². The summed E-state index contributed by atoms with van der Waals surface area (Å²) in [7, 11) is 0. The summed E-state index contributed by atoms with van der Waals surface area (Å²) in [6.07, 6.45) is 2.35. The van der Waals surface area contributed by atoms with Crippen molar-refractivity contribution in [2.45, 2.75) is 12.8 Å². The highest BCUT2D eigenvalue weighted by atomic mass is 79.9. The fourth-order valence-corrected chi connectivity index (χ4v) is 1.87. The van der Waals surface area contributed by atoms with Crippen LogP contribution in [0.2, 0.25) is 0 Å². The van der Waals surface area contributed by atoms with Crippen molar-refractivity contribution in [2.24, 2.45) is 5.92 Å². The van der Waals surface area contributed by atoms with Crippen LogP contribution in [0.4, 0.5) is 10.1 Å². The van der Waals surface area contributed by atoms with Crippen molar-refractivity contribution in [1.82, 2.24) is 0 Å². The van der Waals surface area contributed by atoms with Crippen LogP contribution in [-0.4, -0.2) is 19.4 Å². The molecule has 98 valence electrons. The first-order valence-corrected chi connectivity index (χ1v) is 6.36. The number of nitrogen functional groups attached to an aromatic ring is 1. The lowest BCUT2D eigenvalue weighted by molar-refractivity contribution is -0.0345. The molecule has 0 radical (unpaired) electrons. The van der Waals surface area contributed by atoms with Crippen LogP contribution >= 0.6 is 15.9 Å². The molecule has 0 amide bonds. The van der Waals surface area contributed by atoms with Gasteiger partial charge < -0.3 is 15.2 Å². The number of nitrogens with two attached hydrogens (primary N) is 1. The van der Waals surface area contributed by atoms with E-state index < -0.39 is 11.8 Å². The third kappa shape index (κ3) is 3.43. The number of benzene rings is 1. The molecule has 1 aliphatic carbocycles. The normalized spacial score (nSPS) is 14.6. The van der Waals surface area contributed by atoms with Gasteiger partial charge in [0.15, 0.2) is 6.79 Å². The van der Waals surface area contributed by atoms with Crippen molar-refractivity contribution in [3.05, 3.63) is 28.0 Å². The quantitative estimate of drug-likeness (QED) is 0.392. The summed E-state index contributed by atoms with van der Waals surface area (Å²) >= 11 is 3.09. The van der Waals surface area contributed by atoms with Crippen LogP contribution in [0.25, 0.3) is 0 Å². The molecule has 2 N–H and O–H groups in total. The highest BCUT2D eigenvalue weighted by Crippen LogP contribution is 2.28. The van der Waals surface area contributed by atoms with Gasteiger partial charge in [0.1, 0.15) is 5.82 Å². The second kappa shape index (κ2) is 5.67. The summed E-state index contributed by atoms with van der Waals surface area (Å²) in [5.41, 5.74) is 5.49.